The molecule has 6 nitrogen and oxygen atoms in total. The van der Waals surface area contributed by atoms with E-state index in [-0.39, 0.29) is 23.2 Å². The van der Waals surface area contributed by atoms with Crippen molar-refractivity contribution in [1.82, 2.24) is 5.32 Å². The van der Waals surface area contributed by atoms with Crippen LogP contribution in [0.25, 0.3) is 0 Å². The van der Waals surface area contributed by atoms with E-state index in [1.54, 1.807) is 24.3 Å². The second-order valence-corrected chi connectivity index (χ2v) is 5.80. The Balaban J connectivity index is 1.60. The topological polar surface area (TPSA) is 90.8 Å². The lowest BCUT2D eigenvalue weighted by Crippen LogP contribution is -2.26. The van der Waals surface area contributed by atoms with Crippen LogP contribution >= 0.6 is 12.2 Å². The van der Waals surface area contributed by atoms with Gasteiger partial charge in [0.2, 0.25) is 0 Å². The van der Waals surface area contributed by atoms with Gasteiger partial charge in [0.15, 0.2) is 5.11 Å². The molecule has 0 atom stereocenters. The molecular weight excluding hydrogens is 340 g/mol. The summed E-state index contributed by atoms with van der Waals surface area (Å²) in [5.74, 6) is -0.849. The van der Waals surface area contributed by atoms with Gasteiger partial charge in [-0.2, -0.15) is 0 Å². The van der Waals surface area contributed by atoms with Crippen LogP contribution < -0.4 is 15.2 Å². The van der Waals surface area contributed by atoms with Gasteiger partial charge >= 0.3 is 0 Å². The van der Waals surface area contributed by atoms with Crippen LogP contribution in [0.2, 0.25) is 0 Å². The van der Waals surface area contributed by atoms with Crippen molar-refractivity contribution in [2.75, 3.05) is 0 Å². The van der Waals surface area contributed by atoms with Gasteiger partial charge in [-0.25, -0.2) is 4.99 Å². The van der Waals surface area contributed by atoms with Crippen LogP contribution in [0.4, 0.5) is 0 Å². The van der Waals surface area contributed by atoms with E-state index in [1.807, 2.05) is 12.1 Å². The highest BCUT2D eigenvalue weighted by Gasteiger charge is 2.20. The fourth-order valence-corrected chi connectivity index (χ4v) is 2.54. The second kappa shape index (κ2) is 7.23. The third-order valence-corrected chi connectivity index (χ3v) is 3.78. The van der Waals surface area contributed by atoms with Gasteiger partial charge in [-0.05, 0) is 47.1 Å². The molecule has 1 heterocycles. The Labute approximate surface area is 149 Å². The first-order chi connectivity index (χ1) is 12.0. The molecule has 1 aliphatic rings. The zero-order valence-corrected chi connectivity index (χ0v) is 13.8. The summed E-state index contributed by atoms with van der Waals surface area (Å²) < 4.78 is 5.65. The number of benzene rings is 2. The molecule has 0 fully saturated rings. The number of hydrogen-bond donors (Lipinski definition) is 1. The maximum Gasteiger partial charge on any atom is 0.272 e. The van der Waals surface area contributed by atoms with E-state index in [4.69, 9.17) is 17.0 Å². The predicted molar refractivity (Wildman–Crippen MR) is 93.4 cm³/mol. The monoisotopic (exact) mass is 353 g/mol. The third-order valence-electron chi connectivity index (χ3n) is 3.58. The molecule has 1 N–H and O–H groups in total. The molecule has 0 spiro atoms. The quantitative estimate of drug-likeness (QED) is 0.783. The van der Waals surface area contributed by atoms with Crippen LogP contribution in [0, 0.1) is 0 Å². The molecule has 7 heteroatoms. The largest absolute Gasteiger partial charge is 0.545 e. The lowest BCUT2D eigenvalue weighted by Gasteiger charge is -2.09. The molecule has 2 aromatic carbocycles. The fourth-order valence-electron chi connectivity index (χ4n) is 2.34. The number of ether oxygens (including phenoxy) is 1. The minimum absolute atomic E-state index is 0.116. The summed E-state index contributed by atoms with van der Waals surface area (Å²) in [5.41, 5.74) is 2.14. The lowest BCUT2D eigenvalue weighted by atomic mass is 10.1. The van der Waals surface area contributed by atoms with Crippen LogP contribution in [0.3, 0.4) is 0 Å². The summed E-state index contributed by atoms with van der Waals surface area (Å²) in [7, 11) is 0. The number of thiocarbonyl (C=S) groups is 1. The van der Waals surface area contributed by atoms with Crippen molar-refractivity contribution in [3.05, 3.63) is 65.2 Å². The number of carbonyl (C=O) groups excluding carboxylic acids is 2. The van der Waals surface area contributed by atoms with E-state index in [1.165, 1.54) is 12.1 Å². The summed E-state index contributed by atoms with van der Waals surface area (Å²) in [6.45, 7) is 0.240. The first-order valence-electron chi connectivity index (χ1n) is 7.46. The average Bonchev–Trinajstić information content (AvgIpc) is 2.92. The van der Waals surface area contributed by atoms with E-state index in [9.17, 15) is 14.7 Å². The zero-order valence-electron chi connectivity index (χ0n) is 13.0. The zero-order chi connectivity index (χ0) is 17.8. The molecule has 0 saturated heterocycles. The highest BCUT2D eigenvalue weighted by molar-refractivity contribution is 7.80. The standard InChI is InChI=1S/C18H14N2O4S/c21-16-15(19-18(25)20-16)9-11-4-6-14(7-5-11)24-10-12-2-1-3-13(8-12)17(22)23/h1-8H,9-10H2,(H,22,23)(H,20,21,25)/p-1. The number of hydrogen-bond acceptors (Lipinski definition) is 5. The average molecular weight is 353 g/mol. The number of aromatic carboxylic acids is 1. The minimum Gasteiger partial charge on any atom is -0.545 e. The van der Waals surface area contributed by atoms with Gasteiger partial charge in [-0.1, -0.05) is 30.3 Å². The summed E-state index contributed by atoms with van der Waals surface area (Å²) in [6.07, 6.45) is 0.389. The van der Waals surface area contributed by atoms with E-state index < -0.39 is 5.97 Å². The molecule has 0 saturated carbocycles. The van der Waals surface area contributed by atoms with Crippen molar-refractivity contribution in [3.63, 3.8) is 0 Å². The molecule has 0 unspecified atom stereocenters. The van der Waals surface area contributed by atoms with E-state index in [0.29, 0.717) is 17.9 Å². The Hall–Kier alpha value is -3.06. The molecule has 126 valence electrons. The lowest BCUT2D eigenvalue weighted by molar-refractivity contribution is -0.255. The van der Waals surface area contributed by atoms with Crippen LogP contribution in [-0.2, 0) is 17.8 Å². The normalized spacial score (nSPS) is 13.4. The molecule has 1 amide bonds. The van der Waals surface area contributed by atoms with Crippen molar-refractivity contribution in [1.29, 1.82) is 0 Å². The molecule has 0 aliphatic carbocycles. The van der Waals surface area contributed by atoms with Crippen LogP contribution in [-0.4, -0.2) is 22.7 Å². The molecule has 2 aromatic rings. The molecule has 3 rings (SSSR count). The summed E-state index contributed by atoms with van der Waals surface area (Å²) in [6, 6.07) is 13.7. The molecule has 0 bridgehead atoms. The van der Waals surface area contributed by atoms with Crippen LogP contribution in [0.1, 0.15) is 21.5 Å². The number of carboxylic acids is 1. The Bertz CT molecular complexity index is 875. The van der Waals surface area contributed by atoms with Gasteiger partial charge in [0.25, 0.3) is 5.91 Å². The van der Waals surface area contributed by atoms with Gasteiger partial charge < -0.3 is 14.6 Å². The van der Waals surface area contributed by atoms with Gasteiger partial charge in [-0.15, -0.1) is 0 Å². The van der Waals surface area contributed by atoms with Crippen LogP contribution in [0.5, 0.6) is 5.75 Å². The SMILES string of the molecule is O=C1NC(=S)N=C1Cc1ccc(OCc2cccc(C(=O)[O-])c2)cc1. The Morgan fingerprint density at radius 1 is 1.16 bits per heavy atom. The fraction of sp³-hybridized carbons (Fsp3) is 0.111. The minimum atomic E-state index is -1.22. The van der Waals surface area contributed by atoms with Crippen molar-refractivity contribution in [2.24, 2.45) is 4.99 Å². The van der Waals surface area contributed by atoms with E-state index in [0.717, 1.165) is 11.1 Å². The third kappa shape index (κ3) is 4.27. The Morgan fingerprint density at radius 3 is 2.56 bits per heavy atom. The molecule has 0 radical (unpaired) electrons. The highest BCUT2D eigenvalue weighted by Crippen LogP contribution is 2.16. The first-order valence-corrected chi connectivity index (χ1v) is 7.87. The van der Waals surface area contributed by atoms with Crippen LogP contribution in [0.15, 0.2) is 53.5 Å². The highest BCUT2D eigenvalue weighted by atomic mass is 32.1. The van der Waals surface area contributed by atoms with E-state index in [2.05, 4.69) is 10.3 Å². The van der Waals surface area contributed by atoms with Crippen molar-refractivity contribution in [2.45, 2.75) is 13.0 Å². The van der Waals surface area contributed by atoms with E-state index >= 15 is 0 Å². The van der Waals surface area contributed by atoms with Gasteiger partial charge in [0.05, 0.1) is 5.97 Å². The predicted octanol–water partition coefficient (Wildman–Crippen LogP) is 1.03. The smallest absolute Gasteiger partial charge is 0.272 e. The van der Waals surface area contributed by atoms with Gasteiger partial charge in [0.1, 0.15) is 18.1 Å². The molecule has 0 aromatic heterocycles. The van der Waals surface area contributed by atoms with Crippen molar-refractivity contribution in [3.8, 4) is 5.75 Å². The number of carboxylic acid groups (broad SMARTS) is 1. The molecule has 25 heavy (non-hydrogen) atoms. The Morgan fingerprint density at radius 2 is 1.92 bits per heavy atom. The number of nitrogens with zero attached hydrogens (tertiary/aromatic N) is 1. The maximum absolute atomic E-state index is 11.6. The Kier molecular flexibility index (Phi) is 4.85. The molecular formula is C18H13N2O4S-. The van der Waals surface area contributed by atoms with Gasteiger partial charge in [-0.3, -0.25) is 10.1 Å². The summed E-state index contributed by atoms with van der Waals surface area (Å²) in [4.78, 5) is 26.4. The molecule has 1 aliphatic heterocycles. The number of carbonyl (C=O) groups is 2. The van der Waals surface area contributed by atoms with Crippen molar-refractivity contribution >= 4 is 34.9 Å². The first kappa shape index (κ1) is 16.8. The summed E-state index contributed by atoms with van der Waals surface area (Å²) in [5, 5.41) is 13.5. The second-order valence-electron chi connectivity index (χ2n) is 5.42. The number of rotatable bonds is 6. The summed E-state index contributed by atoms with van der Waals surface area (Å²) >= 11 is 4.84. The van der Waals surface area contributed by atoms with Gasteiger partial charge in [0, 0.05) is 6.42 Å². The number of aliphatic imine (C=N–C) groups is 1. The number of amides is 1. The number of nitrogens with one attached hydrogen (secondary N) is 1. The maximum atomic E-state index is 11.6. The van der Waals surface area contributed by atoms with Crippen molar-refractivity contribution < 1.29 is 19.4 Å².